The lowest BCUT2D eigenvalue weighted by Gasteiger charge is -2.21. The molecule has 21 heavy (non-hydrogen) atoms. The van der Waals surface area contributed by atoms with Crippen LogP contribution in [0.5, 0.6) is 0 Å². The molecule has 0 bridgehead atoms. The van der Waals surface area contributed by atoms with Gasteiger partial charge in [-0.15, -0.1) is 0 Å². The van der Waals surface area contributed by atoms with Crippen molar-refractivity contribution in [2.45, 2.75) is 19.4 Å². The first-order valence-electron chi connectivity index (χ1n) is 7.27. The SMILES string of the molecule is CN(CCN1CCCC1)Cc1ccc(C(N)=NO)cc1F. The third-order valence-electron chi connectivity index (χ3n) is 3.89. The van der Waals surface area contributed by atoms with Crippen molar-refractivity contribution in [1.29, 1.82) is 0 Å². The van der Waals surface area contributed by atoms with Crippen molar-refractivity contribution in [3.05, 3.63) is 35.1 Å². The van der Waals surface area contributed by atoms with Crippen molar-refractivity contribution in [2.24, 2.45) is 10.9 Å². The normalized spacial score (nSPS) is 16.8. The van der Waals surface area contributed by atoms with Crippen molar-refractivity contribution in [3.63, 3.8) is 0 Å². The predicted molar refractivity (Wildman–Crippen MR) is 80.9 cm³/mol. The van der Waals surface area contributed by atoms with Crippen LogP contribution >= 0.6 is 0 Å². The number of likely N-dealkylation sites (N-methyl/N-ethyl adjacent to an activating group) is 1. The van der Waals surface area contributed by atoms with E-state index in [-0.39, 0.29) is 11.7 Å². The molecular formula is C15H23FN4O. The molecule has 0 radical (unpaired) electrons. The number of amidine groups is 1. The largest absolute Gasteiger partial charge is 0.409 e. The molecule has 1 aromatic carbocycles. The number of hydrogen-bond donors (Lipinski definition) is 2. The summed E-state index contributed by atoms with van der Waals surface area (Å²) >= 11 is 0. The first kappa shape index (κ1) is 15.7. The number of halogens is 1. The summed E-state index contributed by atoms with van der Waals surface area (Å²) in [5.41, 5.74) is 6.46. The molecule has 5 nitrogen and oxygen atoms in total. The van der Waals surface area contributed by atoms with Gasteiger partial charge in [0, 0.05) is 30.8 Å². The second-order valence-electron chi connectivity index (χ2n) is 5.58. The molecule has 1 fully saturated rings. The molecule has 1 aliphatic heterocycles. The van der Waals surface area contributed by atoms with Gasteiger partial charge >= 0.3 is 0 Å². The average Bonchev–Trinajstić information content (AvgIpc) is 2.99. The molecule has 0 aliphatic carbocycles. The number of hydrogen-bond acceptors (Lipinski definition) is 4. The van der Waals surface area contributed by atoms with Crippen molar-refractivity contribution in [2.75, 3.05) is 33.2 Å². The summed E-state index contributed by atoms with van der Waals surface area (Å²) in [4.78, 5) is 4.55. The van der Waals surface area contributed by atoms with E-state index in [4.69, 9.17) is 10.9 Å². The number of oxime groups is 1. The fraction of sp³-hybridized carbons (Fsp3) is 0.533. The van der Waals surface area contributed by atoms with Gasteiger partial charge < -0.3 is 20.7 Å². The lowest BCUT2D eigenvalue weighted by atomic mass is 10.1. The van der Waals surface area contributed by atoms with Crippen molar-refractivity contribution in [1.82, 2.24) is 9.80 Å². The molecule has 0 amide bonds. The Morgan fingerprint density at radius 3 is 2.76 bits per heavy atom. The van der Waals surface area contributed by atoms with Crippen molar-refractivity contribution >= 4 is 5.84 Å². The van der Waals surface area contributed by atoms with Gasteiger partial charge in [0.15, 0.2) is 5.84 Å². The van der Waals surface area contributed by atoms with Crippen LogP contribution in [0.4, 0.5) is 4.39 Å². The van der Waals surface area contributed by atoms with Crippen LogP contribution < -0.4 is 5.73 Å². The lowest BCUT2D eigenvalue weighted by Crippen LogP contribution is -2.31. The molecule has 116 valence electrons. The highest BCUT2D eigenvalue weighted by Crippen LogP contribution is 2.13. The minimum atomic E-state index is -0.327. The molecule has 1 aromatic rings. The Hall–Kier alpha value is -1.66. The Bertz CT molecular complexity index is 500. The maximum atomic E-state index is 14.0. The van der Waals surface area contributed by atoms with Crippen LogP contribution in [0.25, 0.3) is 0 Å². The Kier molecular flexibility index (Phi) is 5.52. The highest BCUT2D eigenvalue weighted by Gasteiger charge is 2.13. The van der Waals surface area contributed by atoms with Gasteiger partial charge in [0.25, 0.3) is 0 Å². The molecule has 0 spiro atoms. The number of benzene rings is 1. The van der Waals surface area contributed by atoms with Crippen LogP contribution in [-0.2, 0) is 6.54 Å². The van der Waals surface area contributed by atoms with E-state index in [1.165, 1.54) is 32.0 Å². The van der Waals surface area contributed by atoms with Gasteiger partial charge in [-0.1, -0.05) is 17.3 Å². The number of likely N-dealkylation sites (tertiary alicyclic amines) is 1. The van der Waals surface area contributed by atoms with Gasteiger partial charge in [-0.25, -0.2) is 4.39 Å². The first-order chi connectivity index (χ1) is 10.1. The molecule has 0 aromatic heterocycles. The monoisotopic (exact) mass is 294 g/mol. The summed E-state index contributed by atoms with van der Waals surface area (Å²) < 4.78 is 14.0. The van der Waals surface area contributed by atoms with E-state index in [0.29, 0.717) is 17.7 Å². The Labute approximate surface area is 124 Å². The zero-order valence-corrected chi connectivity index (χ0v) is 12.4. The van der Waals surface area contributed by atoms with Gasteiger partial charge in [-0.2, -0.15) is 0 Å². The van der Waals surface area contributed by atoms with Crippen LogP contribution in [0.1, 0.15) is 24.0 Å². The molecule has 0 saturated carbocycles. The van der Waals surface area contributed by atoms with Crippen molar-refractivity contribution < 1.29 is 9.60 Å². The van der Waals surface area contributed by atoms with E-state index in [2.05, 4.69) is 15.0 Å². The minimum Gasteiger partial charge on any atom is -0.409 e. The highest BCUT2D eigenvalue weighted by molar-refractivity contribution is 5.97. The fourth-order valence-corrected chi connectivity index (χ4v) is 2.58. The maximum Gasteiger partial charge on any atom is 0.170 e. The summed E-state index contributed by atoms with van der Waals surface area (Å²) in [5, 5.41) is 11.5. The summed E-state index contributed by atoms with van der Waals surface area (Å²) in [7, 11) is 1.99. The number of rotatable bonds is 6. The van der Waals surface area contributed by atoms with Gasteiger partial charge in [-0.05, 0) is 39.0 Å². The van der Waals surface area contributed by atoms with Gasteiger partial charge in [0.1, 0.15) is 5.82 Å². The van der Waals surface area contributed by atoms with E-state index < -0.39 is 0 Å². The molecule has 6 heteroatoms. The highest BCUT2D eigenvalue weighted by atomic mass is 19.1. The summed E-state index contributed by atoms with van der Waals surface area (Å²) in [6.07, 6.45) is 2.57. The lowest BCUT2D eigenvalue weighted by molar-refractivity contribution is 0.250. The van der Waals surface area contributed by atoms with E-state index in [9.17, 15) is 4.39 Å². The first-order valence-corrected chi connectivity index (χ1v) is 7.27. The van der Waals surface area contributed by atoms with E-state index in [1.807, 2.05) is 7.05 Å². The smallest absolute Gasteiger partial charge is 0.170 e. The molecular weight excluding hydrogens is 271 g/mol. The van der Waals surface area contributed by atoms with Crippen LogP contribution in [0, 0.1) is 5.82 Å². The molecule has 0 atom stereocenters. The quantitative estimate of drug-likeness (QED) is 0.361. The average molecular weight is 294 g/mol. The summed E-state index contributed by atoms with van der Waals surface area (Å²) in [6, 6.07) is 4.66. The minimum absolute atomic E-state index is 0.0807. The standard InChI is InChI=1S/C15H23FN4O/c1-19(8-9-20-6-2-3-7-20)11-13-5-4-12(10-14(13)16)15(17)18-21/h4-5,10,21H,2-3,6-9,11H2,1H3,(H2,17,18). The molecule has 1 saturated heterocycles. The third-order valence-corrected chi connectivity index (χ3v) is 3.89. The molecule has 2 rings (SSSR count). The Balaban J connectivity index is 1.89. The zero-order chi connectivity index (χ0) is 15.2. The Morgan fingerprint density at radius 2 is 2.14 bits per heavy atom. The Morgan fingerprint density at radius 1 is 1.43 bits per heavy atom. The third kappa shape index (κ3) is 4.41. The summed E-state index contributed by atoms with van der Waals surface area (Å²) in [6.45, 7) is 4.85. The molecule has 1 heterocycles. The van der Waals surface area contributed by atoms with Gasteiger partial charge in [0.05, 0.1) is 0 Å². The topological polar surface area (TPSA) is 65.1 Å². The fourth-order valence-electron chi connectivity index (χ4n) is 2.58. The van der Waals surface area contributed by atoms with E-state index in [1.54, 1.807) is 12.1 Å². The predicted octanol–water partition coefficient (Wildman–Crippen LogP) is 1.45. The maximum absolute atomic E-state index is 14.0. The second kappa shape index (κ2) is 7.38. The van der Waals surface area contributed by atoms with Gasteiger partial charge in [0.2, 0.25) is 0 Å². The van der Waals surface area contributed by atoms with Gasteiger partial charge in [-0.3, -0.25) is 0 Å². The van der Waals surface area contributed by atoms with Crippen LogP contribution in [0.2, 0.25) is 0 Å². The molecule has 1 aliphatic rings. The van der Waals surface area contributed by atoms with E-state index in [0.717, 1.165) is 13.1 Å². The molecule has 3 N–H and O–H groups in total. The number of nitrogens with zero attached hydrogens (tertiary/aromatic N) is 3. The molecule has 0 unspecified atom stereocenters. The second-order valence-corrected chi connectivity index (χ2v) is 5.58. The zero-order valence-electron chi connectivity index (χ0n) is 12.4. The number of nitrogens with two attached hydrogens (primary N) is 1. The van der Waals surface area contributed by atoms with Crippen LogP contribution in [0.15, 0.2) is 23.4 Å². The van der Waals surface area contributed by atoms with Crippen molar-refractivity contribution in [3.8, 4) is 0 Å². The van der Waals surface area contributed by atoms with Crippen LogP contribution in [0.3, 0.4) is 0 Å². The summed E-state index contributed by atoms with van der Waals surface area (Å²) in [5.74, 6) is -0.407. The van der Waals surface area contributed by atoms with E-state index >= 15 is 0 Å². The van der Waals surface area contributed by atoms with Crippen LogP contribution in [-0.4, -0.2) is 54.1 Å².